The smallest absolute Gasteiger partial charge is 0.184 e. The minimum atomic E-state index is 0.228. The summed E-state index contributed by atoms with van der Waals surface area (Å²) in [4.78, 5) is 0. The lowest BCUT2D eigenvalue weighted by atomic mass is 9.96. The average Bonchev–Trinajstić information content (AvgIpc) is 2.10. The summed E-state index contributed by atoms with van der Waals surface area (Å²) in [7, 11) is 0. The van der Waals surface area contributed by atoms with E-state index in [2.05, 4.69) is 36.6 Å². The van der Waals surface area contributed by atoms with Gasteiger partial charge in [-0.3, -0.25) is 5.43 Å². The Morgan fingerprint density at radius 2 is 2.15 bits per heavy atom. The van der Waals surface area contributed by atoms with Gasteiger partial charge in [-0.15, -0.1) is 0 Å². The minimum Gasteiger partial charge on any atom is -0.375 e. The Hall–Kier alpha value is -0.640. The van der Waals surface area contributed by atoms with Crippen LogP contribution in [0.1, 0.15) is 40.0 Å². The highest BCUT2D eigenvalue weighted by Gasteiger charge is 2.08. The molecule has 0 aromatic carbocycles. The Kier molecular flexibility index (Phi) is 6.49. The molecule has 0 aliphatic rings. The quantitative estimate of drug-likeness (QED) is 0.406. The highest BCUT2D eigenvalue weighted by Crippen LogP contribution is 2.12. The molecule has 4 heteroatoms. The van der Waals surface area contributed by atoms with Crippen molar-refractivity contribution < 1.29 is 0 Å². The summed E-state index contributed by atoms with van der Waals surface area (Å²) >= 11 is 4.66. The molecule has 0 radical (unpaired) electrons. The molecule has 0 fully saturated rings. The van der Waals surface area contributed by atoms with Gasteiger partial charge in [0, 0.05) is 5.71 Å². The Balaban J connectivity index is 4.09. The van der Waals surface area contributed by atoms with E-state index in [1.807, 2.05) is 6.92 Å². The molecule has 0 aliphatic carbocycles. The molecule has 0 saturated carbocycles. The van der Waals surface area contributed by atoms with E-state index in [0.29, 0.717) is 5.92 Å². The molecule has 0 aromatic rings. The molecule has 0 aromatic heterocycles. The van der Waals surface area contributed by atoms with Crippen LogP contribution in [-0.2, 0) is 0 Å². The van der Waals surface area contributed by atoms with Crippen LogP contribution in [0, 0.1) is 5.92 Å². The number of nitrogens with zero attached hydrogens (tertiary/aromatic N) is 1. The molecule has 3 nitrogen and oxygen atoms in total. The lowest BCUT2D eigenvalue weighted by Crippen LogP contribution is -2.26. The van der Waals surface area contributed by atoms with Gasteiger partial charge < -0.3 is 5.73 Å². The molecule has 0 rings (SSSR count). The van der Waals surface area contributed by atoms with Gasteiger partial charge in [0.25, 0.3) is 0 Å². The molecule has 0 aliphatic heterocycles. The van der Waals surface area contributed by atoms with Crippen molar-refractivity contribution in [2.75, 3.05) is 0 Å². The van der Waals surface area contributed by atoms with Gasteiger partial charge in [-0.05, 0) is 37.9 Å². The SMILES string of the molecule is CCCC(CC)C(C)=NNC(N)=S. The lowest BCUT2D eigenvalue weighted by Gasteiger charge is -2.12. The van der Waals surface area contributed by atoms with E-state index in [0.717, 1.165) is 12.1 Å². The van der Waals surface area contributed by atoms with Crippen LogP contribution < -0.4 is 11.2 Å². The fraction of sp³-hybridized carbons (Fsp3) is 0.778. The molecule has 0 bridgehead atoms. The predicted octanol–water partition coefficient (Wildman–Crippen LogP) is 2.02. The summed E-state index contributed by atoms with van der Waals surface area (Å²) < 4.78 is 0. The van der Waals surface area contributed by atoms with Gasteiger partial charge in [0.1, 0.15) is 0 Å². The molecule has 0 amide bonds. The summed E-state index contributed by atoms with van der Waals surface area (Å²) in [5.74, 6) is 0.548. The zero-order chi connectivity index (χ0) is 10.3. The Labute approximate surface area is 85.8 Å². The topological polar surface area (TPSA) is 50.4 Å². The Morgan fingerprint density at radius 1 is 1.54 bits per heavy atom. The highest BCUT2D eigenvalue weighted by molar-refractivity contribution is 7.80. The fourth-order valence-corrected chi connectivity index (χ4v) is 1.34. The molecule has 0 saturated heterocycles. The maximum atomic E-state index is 5.27. The van der Waals surface area contributed by atoms with Crippen molar-refractivity contribution in [1.29, 1.82) is 0 Å². The molecule has 3 N–H and O–H groups in total. The van der Waals surface area contributed by atoms with E-state index in [1.165, 1.54) is 12.8 Å². The first-order chi connectivity index (χ1) is 6.11. The fourth-order valence-electron chi connectivity index (χ4n) is 1.29. The van der Waals surface area contributed by atoms with E-state index in [1.54, 1.807) is 0 Å². The second kappa shape index (κ2) is 6.83. The number of thiocarbonyl (C=S) groups is 1. The van der Waals surface area contributed by atoms with Crippen LogP contribution in [0.3, 0.4) is 0 Å². The third kappa shape index (κ3) is 5.58. The van der Waals surface area contributed by atoms with Crippen LogP contribution in [0.4, 0.5) is 0 Å². The molecule has 13 heavy (non-hydrogen) atoms. The monoisotopic (exact) mass is 201 g/mol. The number of nitrogens with one attached hydrogen (secondary N) is 1. The van der Waals surface area contributed by atoms with E-state index in [-0.39, 0.29) is 5.11 Å². The number of rotatable bonds is 5. The molecular weight excluding hydrogens is 182 g/mol. The van der Waals surface area contributed by atoms with Crippen molar-refractivity contribution in [3.63, 3.8) is 0 Å². The lowest BCUT2D eigenvalue weighted by molar-refractivity contribution is 0.589. The predicted molar refractivity (Wildman–Crippen MR) is 61.7 cm³/mol. The summed E-state index contributed by atoms with van der Waals surface area (Å²) in [6.07, 6.45) is 3.46. The molecule has 1 atom stereocenters. The normalized spacial score (nSPS) is 13.9. The van der Waals surface area contributed by atoms with E-state index in [9.17, 15) is 0 Å². The third-order valence-electron chi connectivity index (χ3n) is 2.06. The van der Waals surface area contributed by atoms with E-state index < -0.39 is 0 Å². The van der Waals surface area contributed by atoms with Crippen molar-refractivity contribution in [2.24, 2.45) is 16.8 Å². The van der Waals surface area contributed by atoms with Gasteiger partial charge >= 0.3 is 0 Å². The maximum absolute atomic E-state index is 5.27. The van der Waals surface area contributed by atoms with Crippen LogP contribution in [-0.4, -0.2) is 10.8 Å². The number of hydrogen-bond acceptors (Lipinski definition) is 2. The molecule has 0 heterocycles. The summed E-state index contributed by atoms with van der Waals surface area (Å²) in [6.45, 7) is 6.35. The van der Waals surface area contributed by atoms with Gasteiger partial charge in [-0.25, -0.2) is 0 Å². The van der Waals surface area contributed by atoms with Crippen LogP contribution in [0.15, 0.2) is 5.10 Å². The first-order valence-corrected chi connectivity index (χ1v) is 5.12. The first-order valence-electron chi connectivity index (χ1n) is 4.71. The van der Waals surface area contributed by atoms with Crippen LogP contribution in [0.5, 0.6) is 0 Å². The first kappa shape index (κ1) is 12.4. The van der Waals surface area contributed by atoms with E-state index >= 15 is 0 Å². The van der Waals surface area contributed by atoms with Gasteiger partial charge in [-0.2, -0.15) is 5.10 Å². The van der Waals surface area contributed by atoms with Crippen molar-refractivity contribution in [3.05, 3.63) is 0 Å². The molecule has 0 spiro atoms. The number of nitrogens with two attached hydrogens (primary N) is 1. The van der Waals surface area contributed by atoms with Crippen LogP contribution >= 0.6 is 12.2 Å². The summed E-state index contributed by atoms with van der Waals surface area (Å²) in [5.41, 5.74) is 8.97. The summed E-state index contributed by atoms with van der Waals surface area (Å²) in [5, 5.41) is 4.34. The average molecular weight is 201 g/mol. The maximum Gasteiger partial charge on any atom is 0.184 e. The van der Waals surface area contributed by atoms with Crippen molar-refractivity contribution in [3.8, 4) is 0 Å². The third-order valence-corrected chi connectivity index (χ3v) is 2.15. The number of hydrazone groups is 1. The van der Waals surface area contributed by atoms with Gasteiger partial charge in [-0.1, -0.05) is 20.3 Å². The largest absolute Gasteiger partial charge is 0.375 e. The van der Waals surface area contributed by atoms with E-state index in [4.69, 9.17) is 5.73 Å². The Bertz CT molecular complexity index is 189. The van der Waals surface area contributed by atoms with Crippen LogP contribution in [0.2, 0.25) is 0 Å². The Morgan fingerprint density at radius 3 is 2.54 bits per heavy atom. The molecule has 1 unspecified atom stereocenters. The van der Waals surface area contributed by atoms with Gasteiger partial charge in [0.15, 0.2) is 5.11 Å². The zero-order valence-electron chi connectivity index (χ0n) is 8.63. The second-order valence-electron chi connectivity index (χ2n) is 3.12. The number of hydrogen-bond donors (Lipinski definition) is 2. The van der Waals surface area contributed by atoms with Crippen LogP contribution in [0.25, 0.3) is 0 Å². The second-order valence-corrected chi connectivity index (χ2v) is 3.56. The van der Waals surface area contributed by atoms with Crippen molar-refractivity contribution in [1.82, 2.24) is 5.43 Å². The molecule has 76 valence electrons. The zero-order valence-corrected chi connectivity index (χ0v) is 9.45. The van der Waals surface area contributed by atoms with Crippen molar-refractivity contribution >= 4 is 23.0 Å². The van der Waals surface area contributed by atoms with Gasteiger partial charge in [0.05, 0.1) is 0 Å². The highest BCUT2D eigenvalue weighted by atomic mass is 32.1. The summed E-state index contributed by atoms with van der Waals surface area (Å²) in [6, 6.07) is 0. The van der Waals surface area contributed by atoms with Crippen molar-refractivity contribution in [2.45, 2.75) is 40.0 Å². The standard InChI is InChI=1S/C9H19N3S/c1-4-6-8(5-2)7(3)11-12-9(10)13/h8H,4-6H2,1-3H3,(H3,10,12,13). The van der Waals surface area contributed by atoms with Gasteiger partial charge in [0.2, 0.25) is 0 Å². The minimum absolute atomic E-state index is 0.228. The molecular formula is C9H19N3S.